The molecule has 0 saturated carbocycles. The molecular weight excluding hydrogens is 350 g/mol. The SMILES string of the molecule is Cn1cc(-c2cc(C(=O)O)nn2Cc2ccc(Cl)cc2)c2ccccc21. The van der Waals surface area contributed by atoms with Crippen LogP contribution >= 0.6 is 11.6 Å². The quantitative estimate of drug-likeness (QED) is 0.581. The number of carboxylic acids is 1. The van der Waals surface area contributed by atoms with E-state index in [1.165, 1.54) is 0 Å². The topological polar surface area (TPSA) is 60.1 Å². The molecule has 0 atom stereocenters. The molecule has 2 heterocycles. The molecule has 4 aromatic rings. The van der Waals surface area contributed by atoms with Crippen LogP contribution in [0.4, 0.5) is 0 Å². The summed E-state index contributed by atoms with van der Waals surface area (Å²) in [4.78, 5) is 11.5. The first-order chi connectivity index (χ1) is 12.5. The zero-order valence-electron chi connectivity index (χ0n) is 14.1. The lowest BCUT2D eigenvalue weighted by molar-refractivity contribution is 0.0689. The molecule has 0 spiro atoms. The number of hydrogen-bond acceptors (Lipinski definition) is 2. The highest BCUT2D eigenvalue weighted by Gasteiger charge is 2.18. The highest BCUT2D eigenvalue weighted by molar-refractivity contribution is 6.30. The van der Waals surface area contributed by atoms with Gasteiger partial charge in [0, 0.05) is 34.7 Å². The van der Waals surface area contributed by atoms with Crippen LogP contribution in [0.5, 0.6) is 0 Å². The number of fused-ring (bicyclic) bond motifs is 1. The Kier molecular flexibility index (Phi) is 4.01. The van der Waals surface area contributed by atoms with Crippen LogP contribution in [0, 0.1) is 0 Å². The van der Waals surface area contributed by atoms with Gasteiger partial charge in [-0.1, -0.05) is 41.9 Å². The zero-order valence-corrected chi connectivity index (χ0v) is 14.8. The molecule has 0 unspecified atom stereocenters. The first-order valence-electron chi connectivity index (χ1n) is 8.13. The molecule has 2 aromatic carbocycles. The highest BCUT2D eigenvalue weighted by atomic mass is 35.5. The average molecular weight is 366 g/mol. The Morgan fingerprint density at radius 1 is 1.15 bits per heavy atom. The van der Waals surface area contributed by atoms with Gasteiger partial charge in [0.1, 0.15) is 0 Å². The van der Waals surface area contributed by atoms with Crippen LogP contribution in [0.2, 0.25) is 5.02 Å². The Hall–Kier alpha value is -3.05. The van der Waals surface area contributed by atoms with Crippen molar-refractivity contribution >= 4 is 28.5 Å². The number of aromatic nitrogens is 3. The summed E-state index contributed by atoms with van der Waals surface area (Å²) in [5.74, 6) is -1.04. The molecule has 130 valence electrons. The van der Waals surface area contributed by atoms with Crippen molar-refractivity contribution in [3.63, 3.8) is 0 Å². The monoisotopic (exact) mass is 365 g/mol. The van der Waals surface area contributed by atoms with Gasteiger partial charge in [0.05, 0.1) is 12.2 Å². The molecule has 0 aliphatic rings. The number of carbonyl (C=O) groups is 1. The van der Waals surface area contributed by atoms with Crippen LogP contribution in [-0.2, 0) is 13.6 Å². The minimum atomic E-state index is -1.04. The number of hydrogen-bond donors (Lipinski definition) is 1. The second kappa shape index (κ2) is 6.35. The summed E-state index contributed by atoms with van der Waals surface area (Å²) in [5, 5.41) is 15.4. The van der Waals surface area contributed by atoms with Gasteiger partial charge in [-0.3, -0.25) is 4.68 Å². The van der Waals surface area contributed by atoms with Crippen LogP contribution < -0.4 is 0 Å². The molecule has 0 saturated heterocycles. The Labute approximate surface area is 155 Å². The van der Waals surface area contributed by atoms with E-state index >= 15 is 0 Å². The molecule has 6 heteroatoms. The van der Waals surface area contributed by atoms with E-state index < -0.39 is 5.97 Å². The Bertz CT molecular complexity index is 1110. The van der Waals surface area contributed by atoms with E-state index in [9.17, 15) is 9.90 Å². The van der Waals surface area contributed by atoms with E-state index in [1.807, 2.05) is 66.3 Å². The molecular formula is C20H16ClN3O2. The standard InChI is InChI=1S/C20H16ClN3O2/c1-23-12-16(15-4-2-3-5-18(15)23)19-10-17(20(25)26)22-24(19)11-13-6-8-14(21)9-7-13/h2-10,12H,11H2,1H3,(H,25,26). The lowest BCUT2D eigenvalue weighted by Gasteiger charge is -2.07. The van der Waals surface area contributed by atoms with Crippen molar-refractivity contribution in [1.29, 1.82) is 0 Å². The molecule has 0 bridgehead atoms. The molecule has 1 N–H and O–H groups in total. The second-order valence-corrected chi connectivity index (χ2v) is 6.61. The molecule has 0 fully saturated rings. The van der Waals surface area contributed by atoms with Crippen molar-refractivity contribution in [3.8, 4) is 11.3 Å². The first-order valence-corrected chi connectivity index (χ1v) is 8.51. The number of carboxylic acid groups (broad SMARTS) is 1. The van der Waals surface area contributed by atoms with E-state index in [0.717, 1.165) is 27.7 Å². The predicted molar refractivity (Wildman–Crippen MR) is 102 cm³/mol. The summed E-state index contributed by atoms with van der Waals surface area (Å²) >= 11 is 5.95. The maximum atomic E-state index is 11.5. The van der Waals surface area contributed by atoms with Crippen molar-refractivity contribution in [2.75, 3.05) is 0 Å². The van der Waals surface area contributed by atoms with Crippen molar-refractivity contribution in [2.45, 2.75) is 6.54 Å². The lowest BCUT2D eigenvalue weighted by atomic mass is 10.1. The van der Waals surface area contributed by atoms with Gasteiger partial charge in [0.25, 0.3) is 0 Å². The van der Waals surface area contributed by atoms with Crippen molar-refractivity contribution in [2.24, 2.45) is 7.05 Å². The van der Waals surface area contributed by atoms with Crippen LogP contribution in [-0.4, -0.2) is 25.4 Å². The van der Waals surface area contributed by atoms with Crippen LogP contribution in [0.1, 0.15) is 16.1 Å². The minimum absolute atomic E-state index is 0.0295. The summed E-state index contributed by atoms with van der Waals surface area (Å²) in [6.45, 7) is 0.461. The number of halogens is 1. The average Bonchev–Trinajstić information content (AvgIpc) is 3.19. The molecule has 0 radical (unpaired) electrons. The molecule has 5 nitrogen and oxygen atoms in total. The largest absolute Gasteiger partial charge is 0.476 e. The summed E-state index contributed by atoms with van der Waals surface area (Å²) in [5.41, 5.74) is 3.84. The Morgan fingerprint density at radius 2 is 1.88 bits per heavy atom. The number of aryl methyl sites for hydroxylation is 1. The van der Waals surface area contributed by atoms with Crippen molar-refractivity contribution in [1.82, 2.24) is 14.3 Å². The number of aromatic carboxylic acids is 1. The van der Waals surface area contributed by atoms with E-state index in [2.05, 4.69) is 5.10 Å². The smallest absolute Gasteiger partial charge is 0.356 e. The molecule has 4 rings (SSSR count). The van der Waals surface area contributed by atoms with Crippen molar-refractivity contribution in [3.05, 3.63) is 77.1 Å². The van der Waals surface area contributed by atoms with Crippen molar-refractivity contribution < 1.29 is 9.90 Å². The Balaban J connectivity index is 1.86. The number of nitrogens with zero attached hydrogens (tertiary/aromatic N) is 3. The third-order valence-electron chi connectivity index (χ3n) is 4.42. The maximum Gasteiger partial charge on any atom is 0.356 e. The zero-order chi connectivity index (χ0) is 18.3. The fourth-order valence-corrected chi connectivity index (χ4v) is 3.29. The van der Waals surface area contributed by atoms with Crippen LogP contribution in [0.3, 0.4) is 0 Å². The summed E-state index contributed by atoms with van der Waals surface area (Å²) in [7, 11) is 1.98. The maximum absolute atomic E-state index is 11.5. The fourth-order valence-electron chi connectivity index (χ4n) is 3.17. The van der Waals surface area contributed by atoms with Gasteiger partial charge >= 0.3 is 5.97 Å². The molecule has 0 aliphatic heterocycles. The van der Waals surface area contributed by atoms with Crippen LogP contribution in [0.15, 0.2) is 60.8 Å². The van der Waals surface area contributed by atoms with Gasteiger partial charge in [0.2, 0.25) is 0 Å². The molecule has 0 aliphatic carbocycles. The van der Waals surface area contributed by atoms with Gasteiger partial charge in [0.15, 0.2) is 5.69 Å². The third-order valence-corrected chi connectivity index (χ3v) is 4.67. The van der Waals surface area contributed by atoms with E-state index in [0.29, 0.717) is 11.6 Å². The summed E-state index contributed by atoms with van der Waals surface area (Å²) in [6, 6.07) is 17.1. The third kappa shape index (κ3) is 2.86. The second-order valence-electron chi connectivity index (χ2n) is 6.17. The lowest BCUT2D eigenvalue weighted by Crippen LogP contribution is -2.05. The first kappa shape index (κ1) is 16.4. The van der Waals surface area contributed by atoms with E-state index in [4.69, 9.17) is 11.6 Å². The summed E-state index contributed by atoms with van der Waals surface area (Å²) in [6.07, 6.45) is 2.01. The fraction of sp³-hybridized carbons (Fsp3) is 0.100. The Morgan fingerprint density at radius 3 is 2.62 bits per heavy atom. The van der Waals surface area contributed by atoms with Gasteiger partial charge in [-0.25, -0.2) is 4.79 Å². The normalized spacial score (nSPS) is 11.2. The molecule has 0 amide bonds. The minimum Gasteiger partial charge on any atom is -0.476 e. The van der Waals surface area contributed by atoms with Gasteiger partial charge in [-0.2, -0.15) is 5.10 Å². The van der Waals surface area contributed by atoms with Crippen LogP contribution in [0.25, 0.3) is 22.2 Å². The van der Waals surface area contributed by atoms with Gasteiger partial charge in [-0.05, 0) is 29.8 Å². The van der Waals surface area contributed by atoms with Gasteiger partial charge < -0.3 is 9.67 Å². The molecule has 26 heavy (non-hydrogen) atoms. The number of para-hydroxylation sites is 1. The van der Waals surface area contributed by atoms with Gasteiger partial charge in [-0.15, -0.1) is 0 Å². The molecule has 2 aromatic heterocycles. The summed E-state index contributed by atoms with van der Waals surface area (Å²) < 4.78 is 3.76. The number of rotatable bonds is 4. The van der Waals surface area contributed by atoms with E-state index in [-0.39, 0.29) is 5.69 Å². The number of benzene rings is 2. The van der Waals surface area contributed by atoms with E-state index in [1.54, 1.807) is 10.7 Å². The highest BCUT2D eigenvalue weighted by Crippen LogP contribution is 2.31. The predicted octanol–water partition coefficient (Wildman–Crippen LogP) is 4.44.